The topological polar surface area (TPSA) is 67.7 Å². The van der Waals surface area contributed by atoms with Gasteiger partial charge in [0, 0.05) is 13.1 Å². The third-order valence-electron chi connectivity index (χ3n) is 2.95. The van der Waals surface area contributed by atoms with Crippen LogP contribution in [0, 0.1) is 0 Å². The van der Waals surface area contributed by atoms with Crippen molar-refractivity contribution < 1.29 is 14.6 Å². The van der Waals surface area contributed by atoms with Gasteiger partial charge in [-0.05, 0) is 5.56 Å². The lowest BCUT2D eigenvalue weighted by Crippen LogP contribution is -2.28. The van der Waals surface area contributed by atoms with Crippen LogP contribution in [0.2, 0.25) is 0 Å². The molecule has 6 nitrogen and oxygen atoms in total. The zero-order chi connectivity index (χ0) is 15.1. The maximum absolute atomic E-state index is 9.27. The second-order valence-electron chi connectivity index (χ2n) is 4.38. The largest absolute Gasteiger partial charge is 0.481 e. The van der Waals surface area contributed by atoms with Crippen molar-refractivity contribution in [2.75, 3.05) is 32.3 Å². The lowest BCUT2D eigenvalue weighted by molar-refractivity contribution is 0.300. The summed E-state index contributed by atoms with van der Waals surface area (Å²) in [7, 11) is 3.08. The monoisotopic (exact) mass is 289 g/mol. The van der Waals surface area contributed by atoms with Crippen molar-refractivity contribution >= 4 is 5.95 Å². The van der Waals surface area contributed by atoms with E-state index in [1.165, 1.54) is 0 Å². The minimum absolute atomic E-state index is 0.00964. The van der Waals surface area contributed by atoms with E-state index < -0.39 is 0 Å². The van der Waals surface area contributed by atoms with Crippen LogP contribution in [-0.2, 0) is 6.54 Å². The zero-order valence-electron chi connectivity index (χ0n) is 12.2. The smallest absolute Gasteiger partial charge is 0.232 e. The third kappa shape index (κ3) is 4.06. The molecule has 2 aromatic rings. The molecule has 0 amide bonds. The fourth-order valence-electron chi connectivity index (χ4n) is 1.92. The molecule has 0 bridgehead atoms. The first kappa shape index (κ1) is 15.1. The van der Waals surface area contributed by atoms with E-state index in [2.05, 4.69) is 9.97 Å². The number of anilines is 1. The van der Waals surface area contributed by atoms with Gasteiger partial charge in [0.15, 0.2) is 0 Å². The first-order chi connectivity index (χ1) is 10.3. The van der Waals surface area contributed by atoms with Gasteiger partial charge in [-0.25, -0.2) is 0 Å². The van der Waals surface area contributed by atoms with Crippen molar-refractivity contribution in [3.8, 4) is 11.8 Å². The van der Waals surface area contributed by atoms with Gasteiger partial charge in [-0.15, -0.1) is 0 Å². The summed E-state index contributed by atoms with van der Waals surface area (Å²) in [6.45, 7) is 1.03. The summed E-state index contributed by atoms with van der Waals surface area (Å²) < 4.78 is 10.3. The Labute approximate surface area is 124 Å². The molecule has 1 N–H and O–H groups in total. The van der Waals surface area contributed by atoms with Crippen molar-refractivity contribution in [1.29, 1.82) is 0 Å². The first-order valence-electron chi connectivity index (χ1n) is 6.63. The summed E-state index contributed by atoms with van der Waals surface area (Å²) in [4.78, 5) is 10.5. The fraction of sp³-hybridized carbons (Fsp3) is 0.333. The van der Waals surface area contributed by atoms with Gasteiger partial charge in [0.05, 0.1) is 26.9 Å². The number of methoxy groups -OCH3 is 2. The lowest BCUT2D eigenvalue weighted by atomic mass is 10.2. The van der Waals surface area contributed by atoms with Crippen molar-refractivity contribution in [1.82, 2.24) is 9.97 Å². The van der Waals surface area contributed by atoms with Gasteiger partial charge >= 0.3 is 0 Å². The molecule has 0 fully saturated rings. The van der Waals surface area contributed by atoms with Crippen LogP contribution >= 0.6 is 0 Å². The van der Waals surface area contributed by atoms with Crippen LogP contribution in [0.3, 0.4) is 0 Å². The predicted octanol–water partition coefficient (Wildman–Crippen LogP) is 1.49. The molecule has 1 aromatic carbocycles. The summed E-state index contributed by atoms with van der Waals surface area (Å²) in [5.74, 6) is 1.31. The summed E-state index contributed by atoms with van der Waals surface area (Å²) >= 11 is 0. The Morgan fingerprint density at radius 2 is 1.67 bits per heavy atom. The minimum atomic E-state index is 0.00964. The maximum Gasteiger partial charge on any atom is 0.232 e. The number of aliphatic hydroxyl groups is 1. The molecule has 1 heterocycles. The summed E-state index contributed by atoms with van der Waals surface area (Å²) in [5.41, 5.74) is 1.11. The Hall–Kier alpha value is -2.34. The Morgan fingerprint density at radius 3 is 2.19 bits per heavy atom. The molecule has 0 saturated heterocycles. The van der Waals surface area contributed by atoms with Crippen LogP contribution in [0.25, 0.3) is 0 Å². The van der Waals surface area contributed by atoms with Gasteiger partial charge in [-0.1, -0.05) is 30.3 Å². The second kappa shape index (κ2) is 7.44. The van der Waals surface area contributed by atoms with E-state index in [0.29, 0.717) is 30.8 Å². The maximum atomic E-state index is 9.27. The van der Waals surface area contributed by atoms with Crippen molar-refractivity contribution in [3.05, 3.63) is 42.0 Å². The molecule has 1 aromatic heterocycles. The van der Waals surface area contributed by atoms with E-state index in [-0.39, 0.29) is 6.61 Å². The SMILES string of the molecule is COc1cc(OC)nc(N(CCO)Cc2ccccc2)n1. The number of hydrogen-bond donors (Lipinski definition) is 1. The van der Waals surface area contributed by atoms with Crippen LogP contribution in [0.1, 0.15) is 5.56 Å². The highest BCUT2D eigenvalue weighted by Gasteiger charge is 2.13. The lowest BCUT2D eigenvalue weighted by Gasteiger charge is -2.22. The molecule has 0 aliphatic rings. The summed E-state index contributed by atoms with van der Waals surface area (Å²) in [6, 6.07) is 11.6. The Kier molecular flexibility index (Phi) is 5.34. The van der Waals surface area contributed by atoms with Crippen molar-refractivity contribution in [2.24, 2.45) is 0 Å². The van der Waals surface area contributed by atoms with Gasteiger partial charge in [0.25, 0.3) is 0 Å². The minimum Gasteiger partial charge on any atom is -0.481 e. The molecular weight excluding hydrogens is 270 g/mol. The third-order valence-corrected chi connectivity index (χ3v) is 2.95. The van der Waals surface area contributed by atoms with Crippen LogP contribution < -0.4 is 14.4 Å². The molecule has 0 atom stereocenters. The van der Waals surface area contributed by atoms with Crippen molar-refractivity contribution in [3.63, 3.8) is 0 Å². The highest BCUT2D eigenvalue weighted by Crippen LogP contribution is 2.21. The average molecular weight is 289 g/mol. The molecule has 0 saturated carbocycles. The molecule has 0 radical (unpaired) electrons. The standard InChI is InChI=1S/C15H19N3O3/c1-20-13-10-14(21-2)17-15(16-13)18(8-9-19)11-12-6-4-3-5-7-12/h3-7,10,19H,8-9,11H2,1-2H3. The molecule has 21 heavy (non-hydrogen) atoms. The molecule has 112 valence electrons. The molecule has 0 unspecified atom stereocenters. The van der Waals surface area contributed by atoms with Crippen LogP contribution in [-0.4, -0.2) is 42.4 Å². The first-order valence-corrected chi connectivity index (χ1v) is 6.63. The number of hydrogen-bond acceptors (Lipinski definition) is 6. The van der Waals surface area contributed by atoms with E-state index in [1.54, 1.807) is 20.3 Å². The van der Waals surface area contributed by atoms with Gasteiger partial charge < -0.3 is 19.5 Å². The van der Waals surface area contributed by atoms with E-state index in [9.17, 15) is 5.11 Å². The van der Waals surface area contributed by atoms with Gasteiger partial charge in [0.2, 0.25) is 17.7 Å². The number of ether oxygens (including phenoxy) is 2. The normalized spacial score (nSPS) is 10.2. The molecule has 0 aliphatic carbocycles. The molecular formula is C15H19N3O3. The number of aliphatic hydroxyl groups excluding tert-OH is 1. The van der Waals surface area contributed by atoms with Gasteiger partial charge in [-0.3, -0.25) is 0 Å². The van der Waals surface area contributed by atoms with E-state index >= 15 is 0 Å². The predicted molar refractivity (Wildman–Crippen MR) is 79.7 cm³/mol. The average Bonchev–Trinajstić information content (AvgIpc) is 2.55. The van der Waals surface area contributed by atoms with Crippen LogP contribution in [0.4, 0.5) is 5.95 Å². The van der Waals surface area contributed by atoms with E-state index in [0.717, 1.165) is 5.56 Å². The highest BCUT2D eigenvalue weighted by molar-refractivity contribution is 5.38. The highest BCUT2D eigenvalue weighted by atomic mass is 16.5. The number of aromatic nitrogens is 2. The van der Waals surface area contributed by atoms with E-state index in [1.807, 2.05) is 35.2 Å². The fourth-order valence-corrected chi connectivity index (χ4v) is 1.92. The Bertz CT molecular complexity index is 541. The van der Waals surface area contributed by atoms with Crippen LogP contribution in [0.5, 0.6) is 11.8 Å². The summed E-state index contributed by atoms with van der Waals surface area (Å²) in [5, 5.41) is 9.27. The molecule has 0 aliphatic heterocycles. The van der Waals surface area contributed by atoms with Crippen molar-refractivity contribution in [2.45, 2.75) is 6.54 Å². The number of rotatable bonds is 7. The Balaban J connectivity index is 2.28. The summed E-state index contributed by atoms with van der Waals surface area (Å²) in [6.07, 6.45) is 0. The Morgan fingerprint density at radius 1 is 1.05 bits per heavy atom. The number of nitrogens with zero attached hydrogens (tertiary/aromatic N) is 3. The molecule has 2 rings (SSSR count). The molecule has 6 heteroatoms. The quantitative estimate of drug-likeness (QED) is 0.833. The van der Waals surface area contributed by atoms with E-state index in [4.69, 9.17) is 9.47 Å². The van der Waals surface area contributed by atoms with Gasteiger partial charge in [-0.2, -0.15) is 9.97 Å². The zero-order valence-corrected chi connectivity index (χ0v) is 12.2. The van der Waals surface area contributed by atoms with Gasteiger partial charge in [0.1, 0.15) is 0 Å². The second-order valence-corrected chi connectivity index (χ2v) is 4.38. The number of benzene rings is 1. The molecule has 0 spiro atoms. The van der Waals surface area contributed by atoms with Crippen LogP contribution in [0.15, 0.2) is 36.4 Å².